The van der Waals surface area contributed by atoms with Crippen molar-refractivity contribution < 1.29 is 4.79 Å². The molecular weight excluding hydrogens is 292 g/mol. The van der Waals surface area contributed by atoms with E-state index in [0.29, 0.717) is 5.56 Å². The van der Waals surface area contributed by atoms with Crippen LogP contribution in [0.25, 0.3) is 16.9 Å². The van der Waals surface area contributed by atoms with Gasteiger partial charge in [-0.15, -0.1) is 0 Å². The summed E-state index contributed by atoms with van der Waals surface area (Å²) in [7, 11) is 0. The van der Waals surface area contributed by atoms with E-state index in [1.165, 1.54) is 0 Å². The van der Waals surface area contributed by atoms with Crippen molar-refractivity contribution in [3.63, 3.8) is 0 Å². The van der Waals surface area contributed by atoms with Gasteiger partial charge in [0.05, 0.1) is 11.7 Å². The summed E-state index contributed by atoms with van der Waals surface area (Å²) in [5.74, 6) is 0.834. The zero-order chi connectivity index (χ0) is 12.5. The summed E-state index contributed by atoms with van der Waals surface area (Å²) in [5, 5.41) is 0. The van der Waals surface area contributed by atoms with Gasteiger partial charge in [0, 0.05) is 21.8 Å². The average Bonchev–Trinajstić information content (AvgIpc) is 2.82. The Morgan fingerprint density at radius 1 is 1.11 bits per heavy atom. The molecule has 0 unspecified atom stereocenters. The van der Waals surface area contributed by atoms with Gasteiger partial charge in [-0.1, -0.05) is 28.1 Å². The first kappa shape index (κ1) is 11.2. The molecule has 3 rings (SSSR count). The number of carbonyl (C=O) groups is 1. The molecule has 0 saturated carbocycles. The van der Waals surface area contributed by atoms with Crippen molar-refractivity contribution in [3.05, 3.63) is 58.8 Å². The van der Waals surface area contributed by atoms with E-state index in [0.717, 1.165) is 27.7 Å². The minimum Gasteiger partial charge on any atom is -0.299 e. The summed E-state index contributed by atoms with van der Waals surface area (Å²) in [6.45, 7) is 0. The fourth-order valence-electron chi connectivity index (χ4n) is 1.89. The second-order valence-corrected chi connectivity index (χ2v) is 4.88. The van der Waals surface area contributed by atoms with Crippen molar-refractivity contribution in [3.8, 4) is 11.4 Å². The molecule has 2 aromatic heterocycles. The van der Waals surface area contributed by atoms with E-state index in [-0.39, 0.29) is 0 Å². The average molecular weight is 301 g/mol. The largest absolute Gasteiger partial charge is 0.299 e. The van der Waals surface area contributed by atoms with Crippen LogP contribution in [0.3, 0.4) is 0 Å². The Morgan fingerprint density at radius 2 is 1.89 bits per heavy atom. The van der Waals surface area contributed by atoms with Crippen molar-refractivity contribution in [1.82, 2.24) is 9.38 Å². The Morgan fingerprint density at radius 3 is 2.61 bits per heavy atom. The zero-order valence-electron chi connectivity index (χ0n) is 9.38. The topological polar surface area (TPSA) is 34.4 Å². The molecular formula is C14H9BrN2O. The first-order chi connectivity index (χ1) is 8.78. The Hall–Kier alpha value is -1.94. The highest BCUT2D eigenvalue weighted by atomic mass is 79.9. The number of imidazole rings is 1. The lowest BCUT2D eigenvalue weighted by atomic mass is 10.2. The van der Waals surface area contributed by atoms with Crippen molar-refractivity contribution in [2.24, 2.45) is 0 Å². The molecule has 18 heavy (non-hydrogen) atoms. The minimum absolute atomic E-state index is 0.638. The van der Waals surface area contributed by atoms with Gasteiger partial charge in [0.25, 0.3) is 0 Å². The maximum Gasteiger partial charge on any atom is 0.151 e. The summed E-state index contributed by atoms with van der Waals surface area (Å²) < 4.78 is 2.95. The lowest BCUT2D eigenvalue weighted by Crippen LogP contribution is -1.91. The molecule has 0 aliphatic heterocycles. The summed E-state index contributed by atoms with van der Waals surface area (Å²) in [6, 6.07) is 11.6. The number of benzene rings is 1. The van der Waals surface area contributed by atoms with E-state index >= 15 is 0 Å². The number of hydrogen-bond acceptors (Lipinski definition) is 2. The molecule has 0 radical (unpaired) electrons. The van der Waals surface area contributed by atoms with Gasteiger partial charge in [0.1, 0.15) is 5.82 Å². The molecule has 0 N–H and O–H groups in total. The van der Waals surface area contributed by atoms with Gasteiger partial charge >= 0.3 is 0 Å². The normalized spacial score (nSPS) is 10.7. The maximum absolute atomic E-state index is 10.8. The van der Waals surface area contributed by atoms with E-state index in [9.17, 15) is 4.79 Å². The fourth-order valence-corrected chi connectivity index (χ4v) is 2.15. The van der Waals surface area contributed by atoms with Gasteiger partial charge in [-0.3, -0.25) is 9.20 Å². The van der Waals surface area contributed by atoms with E-state index < -0.39 is 0 Å². The van der Waals surface area contributed by atoms with E-state index in [1.807, 2.05) is 34.7 Å². The third-order valence-electron chi connectivity index (χ3n) is 2.79. The second-order valence-electron chi connectivity index (χ2n) is 3.96. The highest BCUT2D eigenvalue weighted by Gasteiger charge is 2.06. The molecule has 0 saturated heterocycles. The van der Waals surface area contributed by atoms with Crippen LogP contribution in [0, 0.1) is 0 Å². The number of rotatable bonds is 2. The summed E-state index contributed by atoms with van der Waals surface area (Å²) in [5.41, 5.74) is 2.62. The second kappa shape index (κ2) is 4.38. The van der Waals surface area contributed by atoms with Gasteiger partial charge in [-0.2, -0.15) is 0 Å². The third kappa shape index (κ3) is 1.84. The molecule has 0 aliphatic carbocycles. The highest BCUT2D eigenvalue weighted by molar-refractivity contribution is 9.10. The number of nitrogens with zero attached hydrogens (tertiary/aromatic N) is 2. The smallest absolute Gasteiger partial charge is 0.151 e. The Kier molecular flexibility index (Phi) is 2.72. The predicted octanol–water partition coefficient (Wildman–Crippen LogP) is 3.58. The summed E-state index contributed by atoms with van der Waals surface area (Å²) in [4.78, 5) is 15.2. The van der Waals surface area contributed by atoms with Crippen LogP contribution < -0.4 is 0 Å². The number of fused-ring (bicyclic) bond motifs is 1. The molecule has 0 amide bonds. The molecule has 3 aromatic rings. The Balaban J connectivity index is 2.22. The van der Waals surface area contributed by atoms with Gasteiger partial charge in [-0.25, -0.2) is 4.98 Å². The molecule has 88 valence electrons. The predicted molar refractivity (Wildman–Crippen MR) is 73.7 cm³/mol. The fraction of sp³-hybridized carbons (Fsp3) is 0. The van der Waals surface area contributed by atoms with Crippen LogP contribution >= 0.6 is 15.9 Å². The number of aldehydes is 1. The molecule has 3 nitrogen and oxygen atoms in total. The molecule has 0 bridgehead atoms. The lowest BCUT2D eigenvalue weighted by molar-refractivity contribution is 0.112. The Labute approximate surface area is 112 Å². The van der Waals surface area contributed by atoms with Gasteiger partial charge in [0.2, 0.25) is 0 Å². The van der Waals surface area contributed by atoms with Crippen LogP contribution in [0.15, 0.2) is 53.3 Å². The SMILES string of the molecule is O=Cc1ccc2cnc(-c3ccc(Br)cc3)n2c1. The minimum atomic E-state index is 0.638. The van der Waals surface area contributed by atoms with Gasteiger partial charge in [0.15, 0.2) is 6.29 Å². The number of pyridine rings is 1. The first-order valence-corrected chi connectivity index (χ1v) is 6.25. The van der Waals surface area contributed by atoms with E-state index in [2.05, 4.69) is 20.9 Å². The van der Waals surface area contributed by atoms with Gasteiger partial charge in [-0.05, 0) is 24.3 Å². The quantitative estimate of drug-likeness (QED) is 0.678. The molecule has 0 aliphatic rings. The zero-order valence-corrected chi connectivity index (χ0v) is 11.0. The monoisotopic (exact) mass is 300 g/mol. The van der Waals surface area contributed by atoms with Crippen LogP contribution in [0.5, 0.6) is 0 Å². The van der Waals surface area contributed by atoms with Crippen LogP contribution in [-0.2, 0) is 0 Å². The molecule has 2 heterocycles. The van der Waals surface area contributed by atoms with E-state index in [1.54, 1.807) is 18.5 Å². The lowest BCUT2D eigenvalue weighted by Gasteiger charge is -2.02. The summed E-state index contributed by atoms with van der Waals surface area (Å²) >= 11 is 3.41. The van der Waals surface area contributed by atoms with Crippen LogP contribution in [0.2, 0.25) is 0 Å². The number of aromatic nitrogens is 2. The molecule has 4 heteroatoms. The van der Waals surface area contributed by atoms with Gasteiger partial charge < -0.3 is 0 Å². The van der Waals surface area contributed by atoms with Crippen LogP contribution in [0.1, 0.15) is 10.4 Å². The van der Waals surface area contributed by atoms with E-state index in [4.69, 9.17) is 0 Å². The van der Waals surface area contributed by atoms with Crippen LogP contribution in [-0.4, -0.2) is 15.7 Å². The molecule has 0 fully saturated rings. The van der Waals surface area contributed by atoms with Crippen LogP contribution in [0.4, 0.5) is 0 Å². The molecule has 0 atom stereocenters. The first-order valence-electron chi connectivity index (χ1n) is 5.46. The van der Waals surface area contributed by atoms with Crippen molar-refractivity contribution in [2.75, 3.05) is 0 Å². The van der Waals surface area contributed by atoms with Crippen molar-refractivity contribution in [1.29, 1.82) is 0 Å². The standard InChI is InChI=1S/C14H9BrN2O/c15-12-4-2-11(3-5-12)14-16-7-13-6-1-10(9-18)8-17(13)14/h1-9H. The number of hydrogen-bond donors (Lipinski definition) is 0. The Bertz CT molecular complexity index is 716. The van der Waals surface area contributed by atoms with Crippen molar-refractivity contribution in [2.45, 2.75) is 0 Å². The molecule has 0 spiro atoms. The van der Waals surface area contributed by atoms with Crippen molar-refractivity contribution >= 4 is 27.7 Å². The molecule has 1 aromatic carbocycles. The number of carbonyl (C=O) groups excluding carboxylic acids is 1. The maximum atomic E-state index is 10.8. The number of halogens is 1. The summed E-state index contributed by atoms with van der Waals surface area (Å²) in [6.07, 6.45) is 4.43. The third-order valence-corrected chi connectivity index (χ3v) is 3.32. The highest BCUT2D eigenvalue weighted by Crippen LogP contribution is 2.22.